The lowest BCUT2D eigenvalue weighted by atomic mass is 9.93. The van der Waals surface area contributed by atoms with E-state index in [-0.39, 0.29) is 5.78 Å². The van der Waals surface area contributed by atoms with Crippen molar-refractivity contribution >= 4 is 37.6 Å². The molecule has 2 aromatic rings. The molecule has 0 aliphatic rings. The summed E-state index contributed by atoms with van der Waals surface area (Å²) in [6, 6.07) is 9.57. The van der Waals surface area contributed by atoms with E-state index in [0.29, 0.717) is 5.56 Å². The van der Waals surface area contributed by atoms with Gasteiger partial charge in [0, 0.05) is 20.1 Å². The minimum Gasteiger partial charge on any atom is -0.289 e. The maximum Gasteiger partial charge on any atom is 0.194 e. The van der Waals surface area contributed by atoms with E-state index >= 15 is 0 Å². The molecule has 0 atom stereocenters. The average Bonchev–Trinajstić information content (AvgIpc) is 2.36. The molecule has 19 heavy (non-hydrogen) atoms. The largest absolute Gasteiger partial charge is 0.289 e. The molecule has 0 amide bonds. The second-order valence-electron chi connectivity index (χ2n) is 4.63. The van der Waals surface area contributed by atoms with Crippen LogP contribution in [0.5, 0.6) is 0 Å². The number of hydrogen-bond donors (Lipinski definition) is 0. The lowest BCUT2D eigenvalue weighted by molar-refractivity contribution is 0.103. The molecule has 0 bridgehead atoms. The fourth-order valence-electron chi connectivity index (χ4n) is 2.29. The van der Waals surface area contributed by atoms with Crippen LogP contribution in [0, 0.1) is 20.8 Å². The molecule has 1 nitrogen and oxygen atoms in total. The zero-order valence-corrected chi connectivity index (χ0v) is 14.2. The van der Waals surface area contributed by atoms with Crippen LogP contribution in [0.2, 0.25) is 0 Å². The average molecular weight is 382 g/mol. The van der Waals surface area contributed by atoms with Crippen molar-refractivity contribution < 1.29 is 4.79 Å². The van der Waals surface area contributed by atoms with Crippen LogP contribution in [0.3, 0.4) is 0 Å². The number of ketones is 1. The molecule has 0 fully saturated rings. The molecule has 0 aliphatic heterocycles. The minimum absolute atomic E-state index is 0.0585. The Labute approximate surface area is 130 Å². The normalized spacial score (nSPS) is 10.6. The lowest BCUT2D eigenvalue weighted by Gasteiger charge is -2.13. The van der Waals surface area contributed by atoms with E-state index in [4.69, 9.17) is 0 Å². The smallest absolute Gasteiger partial charge is 0.194 e. The van der Waals surface area contributed by atoms with Crippen molar-refractivity contribution in [2.24, 2.45) is 0 Å². The summed E-state index contributed by atoms with van der Waals surface area (Å²) < 4.78 is 1.84. The van der Waals surface area contributed by atoms with Crippen LogP contribution >= 0.6 is 31.9 Å². The first-order valence-electron chi connectivity index (χ1n) is 5.99. The summed E-state index contributed by atoms with van der Waals surface area (Å²) in [5.41, 5.74) is 4.64. The Morgan fingerprint density at radius 1 is 1.00 bits per heavy atom. The van der Waals surface area contributed by atoms with E-state index < -0.39 is 0 Å². The number of halogens is 2. The van der Waals surface area contributed by atoms with Crippen molar-refractivity contribution in [1.29, 1.82) is 0 Å². The van der Waals surface area contributed by atoms with Crippen molar-refractivity contribution in [2.75, 3.05) is 0 Å². The van der Waals surface area contributed by atoms with Gasteiger partial charge >= 0.3 is 0 Å². The zero-order valence-electron chi connectivity index (χ0n) is 11.1. The van der Waals surface area contributed by atoms with Crippen molar-refractivity contribution in [3.63, 3.8) is 0 Å². The van der Waals surface area contributed by atoms with Gasteiger partial charge in [0.25, 0.3) is 0 Å². The Morgan fingerprint density at radius 2 is 1.63 bits per heavy atom. The first-order chi connectivity index (χ1) is 8.93. The molecule has 0 radical (unpaired) electrons. The van der Waals surface area contributed by atoms with Crippen LogP contribution in [0.1, 0.15) is 32.6 Å². The fraction of sp³-hybridized carbons (Fsp3) is 0.188. The predicted octanol–water partition coefficient (Wildman–Crippen LogP) is 5.37. The van der Waals surface area contributed by atoms with Crippen molar-refractivity contribution in [3.8, 4) is 0 Å². The van der Waals surface area contributed by atoms with Gasteiger partial charge in [0.2, 0.25) is 0 Å². The Hall–Kier alpha value is -0.930. The van der Waals surface area contributed by atoms with Crippen molar-refractivity contribution in [3.05, 3.63) is 67.1 Å². The van der Waals surface area contributed by atoms with E-state index in [0.717, 1.165) is 31.2 Å². The van der Waals surface area contributed by atoms with Gasteiger partial charge in [0.05, 0.1) is 0 Å². The third kappa shape index (κ3) is 2.67. The molecule has 2 rings (SSSR count). The van der Waals surface area contributed by atoms with Gasteiger partial charge in [-0.05, 0) is 49.6 Å². The van der Waals surface area contributed by atoms with Crippen LogP contribution in [0.15, 0.2) is 39.3 Å². The number of rotatable bonds is 2. The summed E-state index contributed by atoms with van der Waals surface area (Å²) in [5, 5.41) is 0. The third-order valence-electron chi connectivity index (χ3n) is 3.22. The number of carbonyl (C=O) groups is 1. The van der Waals surface area contributed by atoms with E-state index in [2.05, 4.69) is 31.9 Å². The minimum atomic E-state index is 0.0585. The molecule has 0 N–H and O–H groups in total. The molecule has 0 saturated heterocycles. The number of carbonyl (C=O) groups excluding carboxylic acids is 1. The number of hydrogen-bond acceptors (Lipinski definition) is 1. The SMILES string of the molecule is Cc1cc(C)c(C(=O)c2ccccc2Br)c(C)c1Br. The lowest BCUT2D eigenvalue weighted by Crippen LogP contribution is -2.08. The third-order valence-corrected chi connectivity index (χ3v) is 5.14. The molecule has 0 aliphatic carbocycles. The molecular weight excluding hydrogens is 368 g/mol. The summed E-state index contributed by atoms with van der Waals surface area (Å²) in [5.74, 6) is 0.0585. The second kappa shape index (κ2) is 5.59. The van der Waals surface area contributed by atoms with Crippen LogP contribution < -0.4 is 0 Å². The topological polar surface area (TPSA) is 17.1 Å². The molecule has 3 heteroatoms. The van der Waals surface area contributed by atoms with Crippen LogP contribution in [0.25, 0.3) is 0 Å². The highest BCUT2D eigenvalue weighted by atomic mass is 79.9. The molecule has 0 heterocycles. The van der Waals surface area contributed by atoms with Gasteiger partial charge in [-0.15, -0.1) is 0 Å². The summed E-state index contributed by atoms with van der Waals surface area (Å²) >= 11 is 7.00. The standard InChI is InChI=1S/C16H14Br2O/c1-9-8-10(2)15(18)11(3)14(9)16(19)12-6-4-5-7-13(12)17/h4-8H,1-3H3. The second-order valence-corrected chi connectivity index (χ2v) is 6.28. The van der Waals surface area contributed by atoms with E-state index in [1.54, 1.807) is 0 Å². The van der Waals surface area contributed by atoms with E-state index in [1.165, 1.54) is 0 Å². The summed E-state index contributed by atoms with van der Waals surface area (Å²) in [4.78, 5) is 12.7. The number of benzene rings is 2. The van der Waals surface area contributed by atoms with Crippen LogP contribution in [0.4, 0.5) is 0 Å². The van der Waals surface area contributed by atoms with Crippen LogP contribution in [-0.2, 0) is 0 Å². The molecule has 98 valence electrons. The van der Waals surface area contributed by atoms with Gasteiger partial charge in [0.1, 0.15) is 0 Å². The van der Waals surface area contributed by atoms with Crippen molar-refractivity contribution in [1.82, 2.24) is 0 Å². The highest BCUT2D eigenvalue weighted by Crippen LogP contribution is 2.30. The maximum atomic E-state index is 12.7. The Balaban J connectivity index is 2.64. The Morgan fingerprint density at radius 3 is 2.26 bits per heavy atom. The molecular formula is C16H14Br2O. The monoisotopic (exact) mass is 380 g/mol. The first kappa shape index (κ1) is 14.5. The van der Waals surface area contributed by atoms with Gasteiger partial charge in [-0.25, -0.2) is 0 Å². The summed E-state index contributed by atoms with van der Waals surface area (Å²) in [7, 11) is 0. The van der Waals surface area contributed by atoms with Gasteiger partial charge in [0.15, 0.2) is 5.78 Å². The maximum absolute atomic E-state index is 12.7. The summed E-state index contributed by atoms with van der Waals surface area (Å²) in [6.07, 6.45) is 0. The molecule has 0 unspecified atom stereocenters. The van der Waals surface area contributed by atoms with Crippen molar-refractivity contribution in [2.45, 2.75) is 20.8 Å². The van der Waals surface area contributed by atoms with Gasteiger partial charge in [-0.2, -0.15) is 0 Å². The number of aryl methyl sites for hydroxylation is 2. The Kier molecular flexibility index (Phi) is 4.26. The molecule has 2 aromatic carbocycles. The zero-order chi connectivity index (χ0) is 14.2. The first-order valence-corrected chi connectivity index (χ1v) is 7.57. The quantitative estimate of drug-likeness (QED) is 0.639. The molecule has 0 spiro atoms. The van der Waals surface area contributed by atoms with E-state index in [1.807, 2.05) is 51.1 Å². The fourth-order valence-corrected chi connectivity index (χ4v) is 3.07. The summed E-state index contributed by atoms with van der Waals surface area (Å²) in [6.45, 7) is 6.00. The highest BCUT2D eigenvalue weighted by Gasteiger charge is 2.19. The van der Waals surface area contributed by atoms with E-state index in [9.17, 15) is 4.79 Å². The predicted molar refractivity (Wildman–Crippen MR) is 85.9 cm³/mol. The highest BCUT2D eigenvalue weighted by molar-refractivity contribution is 9.10. The molecule has 0 aromatic heterocycles. The van der Waals surface area contributed by atoms with Gasteiger partial charge in [-0.1, -0.05) is 50.1 Å². The molecule has 0 saturated carbocycles. The van der Waals surface area contributed by atoms with Gasteiger partial charge < -0.3 is 0 Å². The van der Waals surface area contributed by atoms with Gasteiger partial charge in [-0.3, -0.25) is 4.79 Å². The Bertz CT molecular complexity index is 660. The van der Waals surface area contributed by atoms with Crippen LogP contribution in [-0.4, -0.2) is 5.78 Å².